The number of hydrogen-bond donors (Lipinski definition) is 2. The summed E-state index contributed by atoms with van der Waals surface area (Å²) in [6, 6.07) is 14.3. The maximum atomic E-state index is 12.9. The highest BCUT2D eigenvalue weighted by Gasteiger charge is 2.29. The summed E-state index contributed by atoms with van der Waals surface area (Å²) in [6.45, 7) is 0. The molecule has 1 unspecified atom stereocenters. The van der Waals surface area contributed by atoms with Gasteiger partial charge in [-0.3, -0.25) is 14.3 Å². The van der Waals surface area contributed by atoms with Gasteiger partial charge in [-0.1, -0.05) is 66.8 Å². The molecule has 0 heterocycles. The minimum Gasteiger partial charge on any atom is -0.481 e. The lowest BCUT2D eigenvalue weighted by Gasteiger charge is -2.12. The average molecular weight is 417 g/mol. The molecule has 0 aliphatic carbocycles. The Kier molecular flexibility index (Phi) is 7.85. The van der Waals surface area contributed by atoms with E-state index in [1.807, 2.05) is 30.3 Å². The van der Waals surface area contributed by atoms with E-state index in [0.717, 1.165) is 17.7 Å². The van der Waals surface area contributed by atoms with Crippen LogP contribution < -0.4 is 4.72 Å². The van der Waals surface area contributed by atoms with Crippen molar-refractivity contribution in [2.75, 3.05) is 5.75 Å². The van der Waals surface area contributed by atoms with Gasteiger partial charge >= 0.3 is 5.97 Å². The van der Waals surface area contributed by atoms with Crippen molar-refractivity contribution in [2.45, 2.75) is 6.42 Å². The van der Waals surface area contributed by atoms with Crippen LogP contribution in [0.2, 0.25) is 0 Å². The molecule has 8 heteroatoms. The molecule has 2 aromatic rings. The van der Waals surface area contributed by atoms with Crippen LogP contribution in [0.1, 0.15) is 11.1 Å². The van der Waals surface area contributed by atoms with E-state index < -0.39 is 39.4 Å². The van der Waals surface area contributed by atoms with Crippen LogP contribution in [0.4, 0.5) is 4.39 Å². The van der Waals surface area contributed by atoms with Gasteiger partial charge in [-0.25, -0.2) is 12.8 Å². The van der Waals surface area contributed by atoms with Gasteiger partial charge in [0.25, 0.3) is 0 Å². The smallest absolute Gasteiger partial charge is 0.316 e. The second-order valence-electron chi connectivity index (χ2n) is 6.17. The van der Waals surface area contributed by atoms with Gasteiger partial charge in [0.15, 0.2) is 0 Å². The molecule has 29 heavy (non-hydrogen) atoms. The van der Waals surface area contributed by atoms with Crippen LogP contribution in [0.3, 0.4) is 0 Å². The molecule has 0 spiro atoms. The zero-order valence-electron chi connectivity index (χ0n) is 15.4. The molecule has 2 N–H and O–H groups in total. The molecule has 6 nitrogen and oxygen atoms in total. The molecule has 0 aliphatic heterocycles. The van der Waals surface area contributed by atoms with Gasteiger partial charge in [-0.2, -0.15) is 0 Å². The van der Waals surface area contributed by atoms with E-state index in [4.69, 9.17) is 0 Å². The highest BCUT2D eigenvalue weighted by Crippen LogP contribution is 2.11. The predicted molar refractivity (Wildman–Crippen MR) is 108 cm³/mol. The van der Waals surface area contributed by atoms with Gasteiger partial charge in [0, 0.05) is 0 Å². The topological polar surface area (TPSA) is 101 Å². The fourth-order valence-corrected chi connectivity index (χ4v) is 3.30. The lowest BCUT2D eigenvalue weighted by atomic mass is 9.99. The van der Waals surface area contributed by atoms with Crippen LogP contribution in [0.25, 0.3) is 6.08 Å². The van der Waals surface area contributed by atoms with Crippen molar-refractivity contribution in [1.29, 1.82) is 0 Å². The summed E-state index contributed by atoms with van der Waals surface area (Å²) >= 11 is 0. The number of halogens is 1. The summed E-state index contributed by atoms with van der Waals surface area (Å²) in [5, 5.41) is 9.26. The van der Waals surface area contributed by atoms with Crippen LogP contribution in [0, 0.1) is 11.7 Å². The van der Waals surface area contributed by atoms with E-state index in [-0.39, 0.29) is 6.42 Å². The average Bonchev–Trinajstić information content (AvgIpc) is 2.67. The summed E-state index contributed by atoms with van der Waals surface area (Å²) in [6.07, 6.45) is 6.04. The van der Waals surface area contributed by atoms with Crippen LogP contribution in [0.15, 0.2) is 72.8 Å². The first-order chi connectivity index (χ1) is 13.8. The molecule has 1 amide bonds. The van der Waals surface area contributed by atoms with E-state index >= 15 is 0 Å². The number of allylic oxidation sites excluding steroid dienone is 2. The molecule has 152 valence electrons. The number of carboxylic acids is 1. The second kappa shape index (κ2) is 10.3. The molecule has 0 aliphatic rings. The van der Waals surface area contributed by atoms with E-state index in [1.165, 1.54) is 24.3 Å². The first-order valence-electron chi connectivity index (χ1n) is 8.67. The number of nitrogens with one attached hydrogen (secondary N) is 1. The van der Waals surface area contributed by atoms with Crippen molar-refractivity contribution in [1.82, 2.24) is 4.72 Å². The van der Waals surface area contributed by atoms with Gasteiger partial charge in [-0.15, -0.1) is 0 Å². The monoisotopic (exact) mass is 417 g/mol. The zero-order valence-corrected chi connectivity index (χ0v) is 16.2. The number of carbonyl (C=O) groups is 2. The Morgan fingerprint density at radius 3 is 2.31 bits per heavy atom. The van der Waals surface area contributed by atoms with Crippen LogP contribution >= 0.6 is 0 Å². The van der Waals surface area contributed by atoms with Gasteiger partial charge in [0.1, 0.15) is 11.7 Å². The van der Waals surface area contributed by atoms with Crippen molar-refractivity contribution in [3.05, 3.63) is 89.8 Å². The zero-order chi connectivity index (χ0) is 21.3. The third-order valence-electron chi connectivity index (χ3n) is 3.87. The van der Waals surface area contributed by atoms with Gasteiger partial charge < -0.3 is 5.11 Å². The fraction of sp³-hybridized carbons (Fsp3) is 0.143. The highest BCUT2D eigenvalue weighted by molar-refractivity contribution is 7.90. The first kappa shape index (κ1) is 22.0. The molecule has 1 atom stereocenters. The van der Waals surface area contributed by atoms with E-state index in [9.17, 15) is 27.5 Å². The molecular formula is C21H20FNO5S. The van der Waals surface area contributed by atoms with E-state index in [0.29, 0.717) is 5.56 Å². The molecule has 0 saturated heterocycles. The molecule has 0 saturated carbocycles. The van der Waals surface area contributed by atoms with Crippen molar-refractivity contribution in [3.8, 4) is 0 Å². The number of rotatable bonds is 9. The largest absolute Gasteiger partial charge is 0.481 e. The Bertz CT molecular complexity index is 999. The lowest BCUT2D eigenvalue weighted by molar-refractivity contribution is -0.146. The predicted octanol–water partition coefficient (Wildman–Crippen LogP) is 2.78. The molecule has 2 aromatic carbocycles. The molecular weight excluding hydrogens is 397 g/mol. The first-order valence-corrected chi connectivity index (χ1v) is 10.3. The summed E-state index contributed by atoms with van der Waals surface area (Å²) in [5.41, 5.74) is 1.34. The molecule has 0 bridgehead atoms. The maximum Gasteiger partial charge on any atom is 0.316 e. The van der Waals surface area contributed by atoms with Crippen molar-refractivity contribution in [2.24, 2.45) is 5.92 Å². The summed E-state index contributed by atoms with van der Waals surface area (Å²) < 4.78 is 38.8. The van der Waals surface area contributed by atoms with Gasteiger partial charge in [0.05, 0.1) is 5.75 Å². The second-order valence-corrected chi connectivity index (χ2v) is 7.93. The number of sulfonamides is 1. The van der Waals surface area contributed by atoms with Crippen molar-refractivity contribution >= 4 is 28.0 Å². The standard InChI is InChI=1S/C21H20FNO5S/c22-18-12-10-17(11-13-18)15-19(21(25)26)20(24)23-29(27,28)14-6-2-5-9-16-7-3-1-4-8-16/h1-13,19H,14-15H2,(H,23,24)(H,25,26)/b6-2+,9-5?. The van der Waals surface area contributed by atoms with Crippen molar-refractivity contribution in [3.63, 3.8) is 0 Å². The van der Waals surface area contributed by atoms with Crippen LogP contribution in [-0.4, -0.2) is 31.2 Å². The molecule has 0 radical (unpaired) electrons. The van der Waals surface area contributed by atoms with Crippen molar-refractivity contribution < 1.29 is 27.5 Å². The molecule has 0 aromatic heterocycles. The van der Waals surface area contributed by atoms with Crippen LogP contribution in [0.5, 0.6) is 0 Å². The normalized spacial score (nSPS) is 12.9. The Balaban J connectivity index is 1.94. The van der Waals surface area contributed by atoms with Crippen LogP contribution in [-0.2, 0) is 26.0 Å². The Hall–Kier alpha value is -3.26. The van der Waals surface area contributed by atoms with Gasteiger partial charge in [0.2, 0.25) is 15.9 Å². The Morgan fingerprint density at radius 2 is 1.69 bits per heavy atom. The Labute approximate surface area is 168 Å². The number of carboxylic acid groups (broad SMARTS) is 1. The minimum absolute atomic E-state index is 0.257. The summed E-state index contributed by atoms with van der Waals surface area (Å²) in [4.78, 5) is 23.5. The summed E-state index contributed by atoms with van der Waals surface area (Å²) in [5.74, 6) is -5.21. The van der Waals surface area contributed by atoms with E-state index in [2.05, 4.69) is 0 Å². The SMILES string of the molecule is O=C(O)C(Cc1ccc(F)cc1)C(=O)NS(=O)(=O)C/C=C/C=Cc1ccccc1. The Morgan fingerprint density at radius 1 is 1.03 bits per heavy atom. The quantitative estimate of drug-likeness (QED) is 0.483. The fourth-order valence-electron chi connectivity index (χ4n) is 2.41. The summed E-state index contributed by atoms with van der Waals surface area (Å²) in [7, 11) is -4.05. The number of benzene rings is 2. The number of carbonyl (C=O) groups excluding carboxylic acids is 1. The third kappa shape index (κ3) is 7.71. The van der Waals surface area contributed by atoms with Gasteiger partial charge in [-0.05, 0) is 29.7 Å². The number of aliphatic carboxylic acids is 1. The number of amides is 1. The van der Waals surface area contributed by atoms with E-state index in [1.54, 1.807) is 16.9 Å². The lowest BCUT2D eigenvalue weighted by Crippen LogP contribution is -2.40. The highest BCUT2D eigenvalue weighted by atomic mass is 32.2. The number of hydrogen-bond acceptors (Lipinski definition) is 4. The minimum atomic E-state index is -4.05. The maximum absolute atomic E-state index is 12.9. The molecule has 0 fully saturated rings. The molecule has 2 rings (SSSR count). The third-order valence-corrected chi connectivity index (χ3v) is 5.02.